The molecule has 0 saturated heterocycles. The van der Waals surface area contributed by atoms with Gasteiger partial charge in [-0.15, -0.1) is 6.58 Å². The molecule has 0 radical (unpaired) electrons. The number of benzene rings is 2. The highest BCUT2D eigenvalue weighted by Gasteiger charge is 2.29. The van der Waals surface area contributed by atoms with Crippen LogP contribution in [0.5, 0.6) is 0 Å². The van der Waals surface area contributed by atoms with Crippen LogP contribution in [0.1, 0.15) is 24.0 Å². The largest absolute Gasteiger partial charge is 0.480 e. The van der Waals surface area contributed by atoms with Crippen molar-refractivity contribution in [2.45, 2.75) is 18.9 Å². The van der Waals surface area contributed by atoms with Crippen LogP contribution in [-0.4, -0.2) is 53.7 Å². The number of aliphatic carboxylic acids is 1. The zero-order chi connectivity index (χ0) is 21.7. The molecule has 2 amide bonds. The summed E-state index contributed by atoms with van der Waals surface area (Å²) in [5.74, 6) is -1.75. The van der Waals surface area contributed by atoms with Gasteiger partial charge >= 0.3 is 12.1 Å². The van der Waals surface area contributed by atoms with E-state index in [1.807, 2.05) is 48.5 Å². The average molecular weight is 408 g/mol. The van der Waals surface area contributed by atoms with Crippen LogP contribution in [0, 0.1) is 0 Å². The number of amides is 2. The molecule has 156 valence electrons. The van der Waals surface area contributed by atoms with E-state index in [1.165, 1.54) is 13.0 Å². The molecule has 1 atom stereocenters. The third-order valence-corrected chi connectivity index (χ3v) is 5.04. The first-order valence-electron chi connectivity index (χ1n) is 9.65. The minimum Gasteiger partial charge on any atom is -0.480 e. The predicted octanol–water partition coefficient (Wildman–Crippen LogP) is 3.01. The molecule has 0 aliphatic heterocycles. The smallest absolute Gasteiger partial charge is 0.407 e. The van der Waals surface area contributed by atoms with Crippen LogP contribution < -0.4 is 5.32 Å². The maximum Gasteiger partial charge on any atom is 0.407 e. The van der Waals surface area contributed by atoms with Gasteiger partial charge in [-0.1, -0.05) is 54.6 Å². The van der Waals surface area contributed by atoms with Crippen molar-refractivity contribution in [2.75, 3.05) is 19.7 Å². The van der Waals surface area contributed by atoms with Gasteiger partial charge in [-0.3, -0.25) is 9.59 Å². The number of carboxylic acid groups (broad SMARTS) is 1. The summed E-state index contributed by atoms with van der Waals surface area (Å²) >= 11 is 0. The second-order valence-electron chi connectivity index (χ2n) is 7.09. The highest BCUT2D eigenvalue weighted by molar-refractivity contribution is 5.88. The summed E-state index contributed by atoms with van der Waals surface area (Å²) in [6.45, 7) is 4.74. The van der Waals surface area contributed by atoms with Crippen molar-refractivity contribution in [2.24, 2.45) is 0 Å². The van der Waals surface area contributed by atoms with Crippen LogP contribution in [0.3, 0.4) is 0 Å². The quantitative estimate of drug-likeness (QED) is 0.655. The molecule has 30 heavy (non-hydrogen) atoms. The van der Waals surface area contributed by atoms with Gasteiger partial charge in [-0.25, -0.2) is 4.79 Å². The lowest BCUT2D eigenvalue weighted by molar-refractivity contribution is -0.144. The van der Waals surface area contributed by atoms with Crippen molar-refractivity contribution in [1.82, 2.24) is 10.2 Å². The molecule has 2 aromatic rings. The van der Waals surface area contributed by atoms with Gasteiger partial charge in [-0.2, -0.15) is 0 Å². The first-order valence-corrected chi connectivity index (χ1v) is 9.65. The Morgan fingerprint density at radius 3 is 2.23 bits per heavy atom. The Labute approximate surface area is 175 Å². The van der Waals surface area contributed by atoms with Crippen LogP contribution in [-0.2, 0) is 14.3 Å². The number of fused-ring (bicyclic) bond motifs is 3. The molecule has 0 spiro atoms. The van der Waals surface area contributed by atoms with E-state index in [2.05, 4.69) is 11.9 Å². The van der Waals surface area contributed by atoms with E-state index in [1.54, 1.807) is 0 Å². The summed E-state index contributed by atoms with van der Waals surface area (Å²) < 4.78 is 5.42. The molecule has 7 heteroatoms. The van der Waals surface area contributed by atoms with Crippen molar-refractivity contribution in [3.63, 3.8) is 0 Å². The van der Waals surface area contributed by atoms with E-state index in [9.17, 15) is 14.4 Å². The fourth-order valence-electron chi connectivity index (χ4n) is 3.70. The molecule has 1 aliphatic carbocycles. The summed E-state index contributed by atoms with van der Waals surface area (Å²) in [5, 5.41) is 11.4. The summed E-state index contributed by atoms with van der Waals surface area (Å²) in [6, 6.07) is 15.1. The highest BCUT2D eigenvalue weighted by atomic mass is 16.5. The average Bonchev–Trinajstić information content (AvgIpc) is 3.05. The Bertz CT molecular complexity index is 926. The van der Waals surface area contributed by atoms with E-state index in [-0.39, 0.29) is 19.1 Å². The Morgan fingerprint density at radius 1 is 1.13 bits per heavy atom. The number of carbonyl (C=O) groups excluding carboxylic acids is 2. The van der Waals surface area contributed by atoms with Gasteiger partial charge in [-0.05, 0) is 29.2 Å². The minimum atomic E-state index is -1.14. The topological polar surface area (TPSA) is 95.9 Å². The number of nitrogens with zero attached hydrogens (tertiary/aromatic N) is 1. The second-order valence-corrected chi connectivity index (χ2v) is 7.09. The molecule has 2 N–H and O–H groups in total. The molecule has 0 bridgehead atoms. The molecule has 0 fully saturated rings. The van der Waals surface area contributed by atoms with Gasteiger partial charge < -0.3 is 20.1 Å². The Hall–Kier alpha value is -3.61. The lowest BCUT2D eigenvalue weighted by Crippen LogP contribution is -2.48. The van der Waals surface area contributed by atoms with E-state index in [0.717, 1.165) is 27.2 Å². The lowest BCUT2D eigenvalue weighted by Gasteiger charge is -2.23. The highest BCUT2D eigenvalue weighted by Crippen LogP contribution is 2.44. The Kier molecular flexibility index (Phi) is 6.51. The van der Waals surface area contributed by atoms with E-state index in [0.29, 0.717) is 0 Å². The summed E-state index contributed by atoms with van der Waals surface area (Å²) in [6.07, 6.45) is 0.701. The number of nitrogens with one attached hydrogen (secondary N) is 1. The first-order chi connectivity index (χ1) is 14.4. The van der Waals surface area contributed by atoms with Crippen molar-refractivity contribution < 1.29 is 24.2 Å². The normalized spacial score (nSPS) is 13.0. The molecular formula is C23H24N2O5. The number of rotatable bonds is 8. The van der Waals surface area contributed by atoms with Gasteiger partial charge in [0.2, 0.25) is 5.91 Å². The zero-order valence-corrected chi connectivity index (χ0v) is 16.7. The van der Waals surface area contributed by atoms with Crippen LogP contribution in [0.25, 0.3) is 11.1 Å². The first kappa shape index (κ1) is 21.1. The SMILES string of the molecule is C=CCN(CC(=O)O)C(=O)C(C)NC(=O)OCC1c2ccccc2-c2ccccc21. The number of carbonyl (C=O) groups is 3. The molecule has 0 aromatic heterocycles. The molecule has 0 saturated carbocycles. The van der Waals surface area contributed by atoms with E-state index in [4.69, 9.17) is 9.84 Å². The van der Waals surface area contributed by atoms with Crippen molar-refractivity contribution >= 4 is 18.0 Å². The molecule has 1 unspecified atom stereocenters. The Balaban J connectivity index is 1.63. The number of hydrogen-bond donors (Lipinski definition) is 2. The Morgan fingerprint density at radius 2 is 1.70 bits per heavy atom. The second kappa shape index (κ2) is 9.26. The lowest BCUT2D eigenvalue weighted by atomic mass is 9.98. The van der Waals surface area contributed by atoms with Crippen LogP contribution in [0.15, 0.2) is 61.2 Å². The molecule has 0 heterocycles. The molecule has 7 nitrogen and oxygen atoms in total. The van der Waals surface area contributed by atoms with Crippen molar-refractivity contribution in [3.8, 4) is 11.1 Å². The number of hydrogen-bond acceptors (Lipinski definition) is 4. The third-order valence-electron chi connectivity index (χ3n) is 5.04. The molecular weight excluding hydrogens is 384 g/mol. The van der Waals surface area contributed by atoms with Crippen LogP contribution in [0.4, 0.5) is 4.79 Å². The molecule has 2 aromatic carbocycles. The fourth-order valence-corrected chi connectivity index (χ4v) is 3.70. The number of ether oxygens (including phenoxy) is 1. The molecule has 3 rings (SSSR count). The molecule has 1 aliphatic rings. The fraction of sp³-hybridized carbons (Fsp3) is 0.261. The standard InChI is InChI=1S/C23H24N2O5/c1-3-12-25(13-21(26)27)22(28)15(2)24-23(29)30-14-20-18-10-6-4-8-16(18)17-9-5-7-11-19(17)20/h3-11,15,20H,1,12-14H2,2H3,(H,24,29)(H,26,27). The summed E-state index contributed by atoms with van der Waals surface area (Å²) in [4.78, 5) is 36.8. The van der Waals surface area contributed by atoms with Crippen LogP contribution in [0.2, 0.25) is 0 Å². The number of carboxylic acids is 1. The summed E-state index contributed by atoms with van der Waals surface area (Å²) in [7, 11) is 0. The minimum absolute atomic E-state index is 0.0713. The number of alkyl carbamates (subject to hydrolysis) is 1. The van der Waals surface area contributed by atoms with Gasteiger partial charge in [0, 0.05) is 12.5 Å². The zero-order valence-electron chi connectivity index (χ0n) is 16.7. The van der Waals surface area contributed by atoms with Crippen LogP contribution >= 0.6 is 0 Å². The van der Waals surface area contributed by atoms with Crippen molar-refractivity contribution in [1.29, 1.82) is 0 Å². The van der Waals surface area contributed by atoms with Gasteiger partial charge in [0.05, 0.1) is 0 Å². The predicted molar refractivity (Wildman–Crippen MR) is 112 cm³/mol. The van der Waals surface area contributed by atoms with E-state index >= 15 is 0 Å². The van der Waals surface area contributed by atoms with Gasteiger partial charge in [0.15, 0.2) is 0 Å². The maximum absolute atomic E-state index is 12.4. The summed E-state index contributed by atoms with van der Waals surface area (Å²) in [5.41, 5.74) is 4.43. The van der Waals surface area contributed by atoms with E-state index < -0.39 is 30.6 Å². The van der Waals surface area contributed by atoms with Gasteiger partial charge in [0.1, 0.15) is 19.2 Å². The third kappa shape index (κ3) is 4.51. The monoisotopic (exact) mass is 408 g/mol. The maximum atomic E-state index is 12.4. The van der Waals surface area contributed by atoms with Gasteiger partial charge in [0.25, 0.3) is 0 Å². The van der Waals surface area contributed by atoms with Crippen molar-refractivity contribution in [3.05, 3.63) is 72.3 Å².